The third-order valence-electron chi connectivity index (χ3n) is 6.44. The van der Waals surface area contributed by atoms with E-state index in [1.165, 1.54) is 43.2 Å². The molecule has 2 aliphatic rings. The van der Waals surface area contributed by atoms with Crippen molar-refractivity contribution in [3.05, 3.63) is 81.2 Å². The van der Waals surface area contributed by atoms with Crippen LogP contribution in [-0.2, 0) is 13.1 Å². The third kappa shape index (κ3) is 4.37. The second kappa shape index (κ2) is 9.16. The number of anilines is 1. The molecule has 0 radical (unpaired) electrons. The molecule has 1 aromatic heterocycles. The highest BCUT2D eigenvalue weighted by molar-refractivity contribution is 6.30. The van der Waals surface area contributed by atoms with Crippen molar-refractivity contribution in [3.63, 3.8) is 0 Å². The van der Waals surface area contributed by atoms with Crippen LogP contribution >= 0.6 is 23.2 Å². The molecule has 0 spiro atoms. The molecule has 0 amide bonds. The molecule has 1 aliphatic carbocycles. The summed E-state index contributed by atoms with van der Waals surface area (Å²) in [7, 11) is 0. The number of nitrogens with zero attached hydrogens (tertiary/aromatic N) is 4. The van der Waals surface area contributed by atoms with E-state index in [1.54, 1.807) is 0 Å². The number of hydrogen-bond acceptors (Lipinski definition) is 4. The fourth-order valence-corrected chi connectivity index (χ4v) is 5.03. The molecule has 0 atom stereocenters. The van der Waals surface area contributed by atoms with Crippen molar-refractivity contribution >= 4 is 34.9 Å². The van der Waals surface area contributed by atoms with Crippen LogP contribution in [0.3, 0.4) is 0 Å². The van der Waals surface area contributed by atoms with Gasteiger partial charge in [-0.05, 0) is 48.2 Å². The first-order valence-electron chi connectivity index (χ1n) is 11.2. The molecule has 32 heavy (non-hydrogen) atoms. The number of imidazole rings is 1. The van der Waals surface area contributed by atoms with Gasteiger partial charge >= 0.3 is 0 Å². The highest BCUT2D eigenvalue weighted by Crippen LogP contribution is 2.37. The van der Waals surface area contributed by atoms with Crippen LogP contribution in [0.1, 0.15) is 60.7 Å². The minimum Gasteiger partial charge on any atom is -0.382 e. The summed E-state index contributed by atoms with van der Waals surface area (Å²) >= 11 is 12.2. The van der Waals surface area contributed by atoms with E-state index in [0.29, 0.717) is 31.5 Å². The number of halogens is 2. The van der Waals surface area contributed by atoms with Gasteiger partial charge in [0.25, 0.3) is 0 Å². The smallest absolute Gasteiger partial charge is 0.160 e. The average Bonchev–Trinajstić information content (AvgIpc) is 3.19. The van der Waals surface area contributed by atoms with E-state index in [4.69, 9.17) is 33.9 Å². The molecule has 2 heterocycles. The topological polar surface area (TPSA) is 59.4 Å². The van der Waals surface area contributed by atoms with Gasteiger partial charge in [0.2, 0.25) is 0 Å². The molecule has 3 aromatic rings. The second-order valence-electron chi connectivity index (χ2n) is 8.70. The average molecular weight is 468 g/mol. The van der Waals surface area contributed by atoms with Crippen LogP contribution in [0.2, 0.25) is 10.0 Å². The van der Waals surface area contributed by atoms with Gasteiger partial charge in [0.1, 0.15) is 24.0 Å². The lowest BCUT2D eigenvalue weighted by Crippen LogP contribution is -2.33. The van der Waals surface area contributed by atoms with E-state index < -0.39 is 0 Å². The first-order valence-corrected chi connectivity index (χ1v) is 12.0. The summed E-state index contributed by atoms with van der Waals surface area (Å²) in [5.74, 6) is 3.08. The van der Waals surface area contributed by atoms with Gasteiger partial charge in [-0.25, -0.2) is 9.98 Å². The fourth-order valence-electron chi connectivity index (χ4n) is 4.77. The van der Waals surface area contributed by atoms with Crippen molar-refractivity contribution in [2.75, 3.05) is 11.6 Å². The molecular formula is C25H27Cl2N5. The molecule has 2 N–H and O–H groups in total. The zero-order valence-electron chi connectivity index (χ0n) is 18.0. The molecule has 0 unspecified atom stereocenters. The summed E-state index contributed by atoms with van der Waals surface area (Å²) in [5, 5.41) is 1.48. The molecule has 1 aliphatic heterocycles. The van der Waals surface area contributed by atoms with Gasteiger partial charge in [0.05, 0.1) is 0 Å². The summed E-state index contributed by atoms with van der Waals surface area (Å²) in [6.45, 7) is 1.92. The highest BCUT2D eigenvalue weighted by Gasteiger charge is 2.31. The Morgan fingerprint density at radius 3 is 2.06 bits per heavy atom. The maximum absolute atomic E-state index is 6.47. The summed E-state index contributed by atoms with van der Waals surface area (Å²) < 4.78 is 2.29. The lowest BCUT2D eigenvalue weighted by Gasteiger charge is -2.26. The van der Waals surface area contributed by atoms with Crippen LogP contribution in [-0.4, -0.2) is 22.1 Å². The highest BCUT2D eigenvalue weighted by atomic mass is 35.5. The standard InChI is InChI=1S/C25H27Cl2N5/c26-20-10-6-17(7-11-20)14-31-16-29-23(28)22-25(31)30-24(19-4-2-1-3-5-19)32(22)15-18-8-12-21(27)13-9-18/h6-13,19H,1-5,14-16H2,(H2,28,29). The zero-order chi connectivity index (χ0) is 22.1. The Kier molecular flexibility index (Phi) is 6.11. The van der Waals surface area contributed by atoms with Crippen molar-refractivity contribution in [3.8, 4) is 0 Å². The number of fused-ring (bicyclic) bond motifs is 1. The van der Waals surface area contributed by atoms with Crippen LogP contribution in [0.4, 0.5) is 5.82 Å². The van der Waals surface area contributed by atoms with E-state index in [0.717, 1.165) is 27.4 Å². The van der Waals surface area contributed by atoms with Gasteiger partial charge in [-0.1, -0.05) is 66.7 Å². The van der Waals surface area contributed by atoms with Gasteiger partial charge in [-0.15, -0.1) is 0 Å². The van der Waals surface area contributed by atoms with Crippen molar-refractivity contribution in [1.29, 1.82) is 0 Å². The van der Waals surface area contributed by atoms with Gasteiger partial charge < -0.3 is 15.2 Å². The van der Waals surface area contributed by atoms with E-state index in [9.17, 15) is 0 Å². The quantitative estimate of drug-likeness (QED) is 0.502. The van der Waals surface area contributed by atoms with Gasteiger partial charge in [0, 0.05) is 29.1 Å². The van der Waals surface area contributed by atoms with Crippen molar-refractivity contribution < 1.29 is 0 Å². The number of hydrogen-bond donors (Lipinski definition) is 1. The van der Waals surface area contributed by atoms with Crippen LogP contribution < -0.4 is 10.6 Å². The van der Waals surface area contributed by atoms with E-state index >= 15 is 0 Å². The van der Waals surface area contributed by atoms with Crippen molar-refractivity contribution in [2.45, 2.75) is 51.1 Å². The number of aromatic nitrogens is 2. The Labute approximate surface area is 198 Å². The van der Waals surface area contributed by atoms with E-state index in [2.05, 4.69) is 38.7 Å². The zero-order valence-corrected chi connectivity index (χ0v) is 19.5. The maximum Gasteiger partial charge on any atom is 0.160 e. The summed E-state index contributed by atoms with van der Waals surface area (Å²) in [6, 6.07) is 16.0. The van der Waals surface area contributed by atoms with Gasteiger partial charge in [-0.2, -0.15) is 0 Å². The normalized spacial score (nSPS) is 16.7. The fraction of sp³-hybridized carbons (Fsp3) is 0.360. The first kappa shape index (κ1) is 21.4. The second-order valence-corrected chi connectivity index (χ2v) is 9.57. The minimum atomic E-state index is 0.451. The summed E-state index contributed by atoms with van der Waals surface area (Å²) in [6.07, 6.45) is 6.15. The number of rotatable bonds is 5. The Balaban J connectivity index is 1.55. The number of benzene rings is 2. The van der Waals surface area contributed by atoms with Crippen molar-refractivity contribution in [1.82, 2.24) is 9.55 Å². The van der Waals surface area contributed by atoms with Gasteiger partial charge in [-0.3, -0.25) is 0 Å². The molecule has 5 rings (SSSR count). The summed E-state index contributed by atoms with van der Waals surface area (Å²) in [5.41, 5.74) is 9.74. The molecule has 166 valence electrons. The molecule has 5 nitrogen and oxygen atoms in total. The maximum atomic E-state index is 6.47. The molecule has 7 heteroatoms. The van der Waals surface area contributed by atoms with E-state index in [-0.39, 0.29) is 0 Å². The molecule has 1 saturated carbocycles. The number of nitrogens with two attached hydrogens (primary N) is 1. The van der Waals surface area contributed by atoms with Crippen LogP contribution in [0.25, 0.3) is 0 Å². The third-order valence-corrected chi connectivity index (χ3v) is 6.95. The number of aliphatic imine (C=N–C) groups is 1. The predicted octanol–water partition coefficient (Wildman–Crippen LogP) is 5.97. The van der Waals surface area contributed by atoms with Crippen LogP contribution in [0.5, 0.6) is 0 Å². The van der Waals surface area contributed by atoms with E-state index in [1.807, 2.05) is 24.3 Å². The van der Waals surface area contributed by atoms with Crippen LogP contribution in [0, 0.1) is 0 Å². The Hall–Kier alpha value is -2.50. The molecule has 2 aromatic carbocycles. The molecule has 0 saturated heterocycles. The monoisotopic (exact) mass is 467 g/mol. The molecular weight excluding hydrogens is 441 g/mol. The SMILES string of the molecule is NC1=NCN(Cc2ccc(Cl)cc2)c2nc(C3CCCCC3)n(Cc3ccc(Cl)cc3)c21. The Morgan fingerprint density at radius 1 is 0.844 bits per heavy atom. The molecule has 0 bridgehead atoms. The minimum absolute atomic E-state index is 0.451. The Bertz CT molecular complexity index is 1110. The summed E-state index contributed by atoms with van der Waals surface area (Å²) in [4.78, 5) is 12.1. The number of amidine groups is 1. The lowest BCUT2D eigenvalue weighted by atomic mass is 9.88. The Morgan fingerprint density at radius 2 is 1.44 bits per heavy atom. The molecule has 1 fully saturated rings. The van der Waals surface area contributed by atoms with Gasteiger partial charge in [0.15, 0.2) is 5.82 Å². The largest absolute Gasteiger partial charge is 0.382 e. The first-order chi connectivity index (χ1) is 15.6. The van der Waals surface area contributed by atoms with Crippen LogP contribution in [0.15, 0.2) is 53.5 Å². The lowest BCUT2D eigenvalue weighted by molar-refractivity contribution is 0.418. The predicted molar refractivity (Wildman–Crippen MR) is 132 cm³/mol. The van der Waals surface area contributed by atoms with Crippen molar-refractivity contribution in [2.24, 2.45) is 10.7 Å².